The van der Waals surface area contributed by atoms with Crippen molar-refractivity contribution >= 4 is 75.1 Å². The van der Waals surface area contributed by atoms with E-state index in [1.807, 2.05) is 30.6 Å². The average Bonchev–Trinajstić information content (AvgIpc) is 3.43. The summed E-state index contributed by atoms with van der Waals surface area (Å²) in [7, 11) is 0. The molecule has 35 heavy (non-hydrogen) atoms. The van der Waals surface area contributed by atoms with Crippen LogP contribution in [0.15, 0.2) is 34.2 Å². The number of amidine groups is 1. The number of fused-ring (bicyclic) bond motifs is 1. The molecule has 2 aromatic heterocycles. The minimum absolute atomic E-state index is 0.239. The lowest BCUT2D eigenvalue weighted by atomic mass is 9.95. The first-order valence-corrected chi connectivity index (χ1v) is 13.4. The van der Waals surface area contributed by atoms with Crippen molar-refractivity contribution in [3.63, 3.8) is 0 Å². The second-order valence-electron chi connectivity index (χ2n) is 8.44. The number of hydrogen-bond donors (Lipinski definition) is 2. The van der Waals surface area contributed by atoms with Gasteiger partial charge in [-0.3, -0.25) is 4.79 Å². The molecule has 0 radical (unpaired) electrons. The van der Waals surface area contributed by atoms with Gasteiger partial charge in [0.2, 0.25) is 0 Å². The molecule has 5 rings (SSSR count). The number of nitrogens with zero attached hydrogens (tertiary/aromatic N) is 2. The Bertz CT molecular complexity index is 1450. The molecule has 6 nitrogen and oxygen atoms in total. The molecule has 0 bridgehead atoms. The Hall–Kier alpha value is -2.52. The second-order valence-corrected chi connectivity index (χ2v) is 11.4. The number of halogens is 2. The van der Waals surface area contributed by atoms with Crippen LogP contribution < -0.4 is 5.32 Å². The number of carboxylic acids is 1. The number of aliphatic imine (C=N–C) groups is 1. The van der Waals surface area contributed by atoms with Crippen LogP contribution >= 0.6 is 46.3 Å². The smallest absolute Gasteiger partial charge is 0.339 e. The van der Waals surface area contributed by atoms with Gasteiger partial charge in [-0.1, -0.05) is 23.2 Å². The maximum absolute atomic E-state index is 12.6. The number of amides is 1. The fraction of sp³-hybridized carbons (Fsp3) is 0.240. The minimum Gasteiger partial charge on any atom is -0.478 e. The largest absolute Gasteiger partial charge is 0.478 e. The number of thioether (sulfide) groups is 1. The van der Waals surface area contributed by atoms with E-state index in [9.17, 15) is 14.7 Å². The lowest BCUT2D eigenvalue weighted by molar-refractivity contribution is -0.115. The first-order chi connectivity index (χ1) is 16.7. The second kappa shape index (κ2) is 9.50. The van der Waals surface area contributed by atoms with Crippen LogP contribution in [0, 0.1) is 13.8 Å². The Morgan fingerprint density at radius 1 is 1.17 bits per heavy atom. The number of carboxylic acid groups (broad SMARTS) is 1. The summed E-state index contributed by atoms with van der Waals surface area (Å²) in [5.41, 5.74) is 4.64. The molecular weight excluding hydrogens is 525 g/mol. The third-order valence-electron chi connectivity index (χ3n) is 6.11. The molecule has 0 atom stereocenters. The van der Waals surface area contributed by atoms with Gasteiger partial charge in [0.1, 0.15) is 5.00 Å². The average molecular weight is 547 g/mol. The zero-order chi connectivity index (χ0) is 24.9. The van der Waals surface area contributed by atoms with E-state index >= 15 is 0 Å². The molecule has 0 saturated carbocycles. The van der Waals surface area contributed by atoms with Crippen LogP contribution in [-0.2, 0) is 17.6 Å². The van der Waals surface area contributed by atoms with Crippen molar-refractivity contribution in [2.24, 2.45) is 4.99 Å². The predicted octanol–water partition coefficient (Wildman–Crippen LogP) is 6.93. The number of thiophene rings is 1. The predicted molar refractivity (Wildman–Crippen MR) is 144 cm³/mol. The number of hydrogen-bond acceptors (Lipinski definition) is 5. The number of benzene rings is 1. The van der Waals surface area contributed by atoms with Gasteiger partial charge in [-0.05, 0) is 92.8 Å². The molecule has 0 unspecified atom stereocenters. The van der Waals surface area contributed by atoms with Crippen molar-refractivity contribution in [3.8, 4) is 5.00 Å². The molecule has 10 heteroatoms. The van der Waals surface area contributed by atoms with Crippen LogP contribution in [0.5, 0.6) is 0 Å². The van der Waals surface area contributed by atoms with Crippen molar-refractivity contribution in [2.45, 2.75) is 39.5 Å². The number of nitrogens with one attached hydrogen (secondary N) is 1. The van der Waals surface area contributed by atoms with Gasteiger partial charge in [0.15, 0.2) is 5.17 Å². The summed E-state index contributed by atoms with van der Waals surface area (Å²) < 4.78 is 2.00. The normalized spacial score (nSPS) is 17.8. The number of aryl methyl sites for hydroxylation is 2. The molecule has 1 aromatic carbocycles. The van der Waals surface area contributed by atoms with E-state index in [-0.39, 0.29) is 5.91 Å². The van der Waals surface area contributed by atoms with E-state index in [4.69, 9.17) is 23.2 Å². The van der Waals surface area contributed by atoms with E-state index in [2.05, 4.69) is 10.3 Å². The van der Waals surface area contributed by atoms with Gasteiger partial charge in [0.05, 0.1) is 26.2 Å². The fourth-order valence-electron chi connectivity index (χ4n) is 4.47. The summed E-state index contributed by atoms with van der Waals surface area (Å²) in [5, 5.41) is 14.8. The van der Waals surface area contributed by atoms with Gasteiger partial charge in [0, 0.05) is 16.3 Å². The number of rotatable bonds is 4. The fourth-order valence-corrected chi connectivity index (χ4v) is 7.09. The summed E-state index contributed by atoms with van der Waals surface area (Å²) in [5.74, 6) is -1.13. The molecule has 1 aliphatic carbocycles. The molecule has 3 aromatic rings. The molecule has 1 saturated heterocycles. The summed E-state index contributed by atoms with van der Waals surface area (Å²) >= 11 is 14.8. The highest BCUT2D eigenvalue weighted by Gasteiger charge is 2.28. The molecule has 2 N–H and O–H groups in total. The van der Waals surface area contributed by atoms with Crippen molar-refractivity contribution in [2.75, 3.05) is 0 Å². The van der Waals surface area contributed by atoms with E-state index in [1.165, 1.54) is 16.6 Å². The van der Waals surface area contributed by atoms with Crippen molar-refractivity contribution in [3.05, 3.63) is 72.2 Å². The first kappa shape index (κ1) is 24.2. The Morgan fingerprint density at radius 2 is 1.94 bits per heavy atom. The van der Waals surface area contributed by atoms with Crippen molar-refractivity contribution in [1.29, 1.82) is 0 Å². The summed E-state index contributed by atoms with van der Waals surface area (Å²) in [6, 6.07) is 7.00. The molecule has 1 amide bonds. The summed E-state index contributed by atoms with van der Waals surface area (Å²) in [6.07, 6.45) is 5.66. The van der Waals surface area contributed by atoms with Gasteiger partial charge in [-0.15, -0.1) is 11.3 Å². The zero-order valence-electron chi connectivity index (χ0n) is 18.9. The summed E-state index contributed by atoms with van der Waals surface area (Å²) in [4.78, 5) is 31.0. The highest BCUT2D eigenvalue weighted by Crippen LogP contribution is 2.39. The van der Waals surface area contributed by atoms with Crippen LogP contribution in [0.4, 0.5) is 5.69 Å². The van der Waals surface area contributed by atoms with Gasteiger partial charge in [0.25, 0.3) is 5.91 Å². The highest BCUT2D eigenvalue weighted by molar-refractivity contribution is 8.18. The minimum atomic E-state index is -0.888. The molecule has 3 heterocycles. The van der Waals surface area contributed by atoms with Gasteiger partial charge in [-0.2, -0.15) is 0 Å². The van der Waals surface area contributed by atoms with Gasteiger partial charge >= 0.3 is 5.97 Å². The van der Waals surface area contributed by atoms with Crippen molar-refractivity contribution < 1.29 is 14.7 Å². The van der Waals surface area contributed by atoms with Crippen LogP contribution in [-0.4, -0.2) is 26.7 Å². The van der Waals surface area contributed by atoms with E-state index in [0.29, 0.717) is 31.4 Å². The Balaban J connectivity index is 1.49. The standard InChI is InChI=1S/C25H21Cl2N3O3S2/c1-12-9-14(10-20-22(31)29-25(35-20)28-15-7-8-17(26)18(27)11-15)13(2)30(12)23-21(24(32)33)16-5-3-4-6-19(16)34-23/h7-11H,3-6H2,1-2H3,(H,32,33)(H,28,29,31)/b20-10-. The molecule has 2 aliphatic rings. The molecule has 180 valence electrons. The quantitative estimate of drug-likeness (QED) is 0.348. The number of carbonyl (C=O) groups is 2. The Kier molecular flexibility index (Phi) is 6.57. The van der Waals surface area contributed by atoms with Crippen molar-refractivity contribution in [1.82, 2.24) is 9.88 Å². The Morgan fingerprint density at radius 3 is 2.69 bits per heavy atom. The van der Waals surface area contributed by atoms with Crippen LogP contribution in [0.3, 0.4) is 0 Å². The summed E-state index contributed by atoms with van der Waals surface area (Å²) in [6.45, 7) is 3.91. The van der Waals surface area contributed by atoms with Crippen LogP contribution in [0.25, 0.3) is 11.1 Å². The number of aromatic nitrogens is 1. The number of carbonyl (C=O) groups excluding carboxylic acids is 1. The van der Waals surface area contributed by atoms with E-state index in [0.717, 1.165) is 53.2 Å². The zero-order valence-corrected chi connectivity index (χ0v) is 22.1. The van der Waals surface area contributed by atoms with Gasteiger partial charge in [-0.25, -0.2) is 9.79 Å². The molecule has 1 aliphatic heterocycles. The monoisotopic (exact) mass is 545 g/mol. The van der Waals surface area contributed by atoms with Gasteiger partial charge < -0.3 is 15.0 Å². The van der Waals surface area contributed by atoms with E-state index in [1.54, 1.807) is 29.5 Å². The highest BCUT2D eigenvalue weighted by atomic mass is 35.5. The third kappa shape index (κ3) is 4.56. The van der Waals surface area contributed by atoms with Crippen LogP contribution in [0.2, 0.25) is 10.0 Å². The Labute approximate surface area is 220 Å². The lowest BCUT2D eigenvalue weighted by Crippen LogP contribution is -2.19. The molecule has 1 fully saturated rings. The first-order valence-electron chi connectivity index (χ1n) is 11.0. The maximum Gasteiger partial charge on any atom is 0.339 e. The number of aromatic carboxylic acids is 1. The van der Waals surface area contributed by atoms with E-state index < -0.39 is 5.97 Å². The van der Waals surface area contributed by atoms with Crippen LogP contribution in [0.1, 0.15) is 50.6 Å². The SMILES string of the molecule is Cc1cc(/C=C2\SC(=Nc3ccc(Cl)c(Cl)c3)NC2=O)c(C)n1-c1sc2c(c1C(=O)O)CCCC2. The topological polar surface area (TPSA) is 83.7 Å². The lowest BCUT2D eigenvalue weighted by Gasteiger charge is -2.11. The molecular formula is C25H21Cl2N3O3S2. The molecule has 0 spiro atoms. The third-order valence-corrected chi connectivity index (χ3v) is 9.04. The maximum atomic E-state index is 12.6.